The highest BCUT2D eigenvalue weighted by Crippen LogP contribution is 2.28. The third-order valence-electron chi connectivity index (χ3n) is 4.83. The van der Waals surface area contributed by atoms with Crippen molar-refractivity contribution in [3.05, 3.63) is 54.4 Å². The topological polar surface area (TPSA) is 102 Å². The van der Waals surface area contributed by atoms with Gasteiger partial charge in [0.05, 0.1) is 23.3 Å². The van der Waals surface area contributed by atoms with E-state index in [1.165, 1.54) is 18.6 Å². The maximum atomic E-state index is 12.6. The van der Waals surface area contributed by atoms with E-state index in [9.17, 15) is 9.59 Å². The second kappa shape index (κ2) is 9.47. The molecule has 0 aliphatic rings. The Bertz CT molecular complexity index is 1010. The summed E-state index contributed by atoms with van der Waals surface area (Å²) in [5.41, 5.74) is 2.19. The van der Waals surface area contributed by atoms with E-state index in [2.05, 4.69) is 52.9 Å². The first-order valence-electron chi connectivity index (χ1n) is 10.2. The second-order valence-electron chi connectivity index (χ2n) is 7.81. The van der Waals surface area contributed by atoms with Crippen molar-refractivity contribution in [3.63, 3.8) is 0 Å². The van der Waals surface area contributed by atoms with Gasteiger partial charge in [0.25, 0.3) is 5.91 Å². The summed E-state index contributed by atoms with van der Waals surface area (Å²) in [5.74, 6) is 0.504. The molecule has 3 rings (SSSR count). The number of carbonyl (C=O) groups excluding carboxylic acids is 2. The van der Waals surface area contributed by atoms with E-state index in [0.29, 0.717) is 0 Å². The number of nitrogens with zero attached hydrogens (tertiary/aromatic N) is 4. The molecule has 0 aliphatic carbocycles. The number of aromatic nitrogens is 4. The molecule has 1 atom stereocenters. The maximum absolute atomic E-state index is 12.6. The van der Waals surface area contributed by atoms with Crippen LogP contribution in [0.25, 0.3) is 11.0 Å². The third-order valence-corrected chi connectivity index (χ3v) is 4.83. The van der Waals surface area contributed by atoms with Crippen molar-refractivity contribution in [3.8, 4) is 0 Å². The number of amides is 2. The lowest BCUT2D eigenvalue weighted by Gasteiger charge is -2.25. The molecule has 0 unspecified atom stereocenters. The molecule has 0 fully saturated rings. The van der Waals surface area contributed by atoms with Crippen molar-refractivity contribution in [1.29, 1.82) is 0 Å². The smallest absolute Gasteiger partial charge is 0.271 e. The van der Waals surface area contributed by atoms with Gasteiger partial charge >= 0.3 is 0 Å². The average Bonchev–Trinajstić information content (AvgIpc) is 3.11. The summed E-state index contributed by atoms with van der Waals surface area (Å²) in [4.78, 5) is 37.3. The Labute approximate surface area is 176 Å². The summed E-state index contributed by atoms with van der Waals surface area (Å²) < 4.78 is 2.18. The van der Waals surface area contributed by atoms with E-state index in [-0.39, 0.29) is 48.5 Å². The third kappa shape index (κ3) is 4.82. The van der Waals surface area contributed by atoms with Crippen LogP contribution in [0, 0.1) is 5.92 Å². The van der Waals surface area contributed by atoms with Gasteiger partial charge in [-0.15, -0.1) is 0 Å². The van der Waals surface area contributed by atoms with Crippen LogP contribution in [0.15, 0.2) is 42.9 Å². The highest BCUT2D eigenvalue weighted by atomic mass is 16.2. The fourth-order valence-corrected chi connectivity index (χ4v) is 3.40. The summed E-state index contributed by atoms with van der Waals surface area (Å²) in [6, 6.07) is 7.97. The molecule has 1 aromatic carbocycles. The average molecular weight is 409 g/mol. The van der Waals surface area contributed by atoms with Gasteiger partial charge in [0.1, 0.15) is 11.5 Å². The monoisotopic (exact) mass is 408 g/mol. The lowest BCUT2D eigenvalue weighted by atomic mass is 10.0. The van der Waals surface area contributed by atoms with Crippen molar-refractivity contribution in [2.24, 2.45) is 5.92 Å². The molecule has 0 saturated carbocycles. The Hall–Kier alpha value is -3.29. The predicted octanol–water partition coefficient (Wildman–Crippen LogP) is 3.04. The number of para-hydroxylation sites is 2. The number of rotatable bonds is 8. The van der Waals surface area contributed by atoms with Gasteiger partial charge in [-0.1, -0.05) is 26.0 Å². The Morgan fingerprint density at radius 3 is 2.53 bits per heavy atom. The van der Waals surface area contributed by atoms with E-state index < -0.39 is 0 Å². The number of hydrogen-bond donors (Lipinski definition) is 2. The van der Waals surface area contributed by atoms with Gasteiger partial charge in [0.15, 0.2) is 0 Å². The fraction of sp³-hybridized carbons (Fsp3) is 0.409. The first-order chi connectivity index (χ1) is 14.4. The van der Waals surface area contributed by atoms with E-state index in [1.807, 2.05) is 24.3 Å². The summed E-state index contributed by atoms with van der Waals surface area (Å²) in [6.07, 6.45) is 4.51. The molecule has 0 radical (unpaired) electrons. The van der Waals surface area contributed by atoms with E-state index in [1.54, 1.807) is 0 Å². The summed E-state index contributed by atoms with van der Waals surface area (Å²) >= 11 is 0. The largest absolute Gasteiger partial charge is 0.350 e. The molecule has 158 valence electrons. The minimum atomic E-state index is -0.349. The van der Waals surface area contributed by atoms with Crippen LogP contribution in [-0.4, -0.2) is 37.9 Å². The van der Waals surface area contributed by atoms with Crippen LogP contribution < -0.4 is 10.6 Å². The van der Waals surface area contributed by atoms with Crippen LogP contribution >= 0.6 is 0 Å². The number of fused-ring (bicyclic) bond motifs is 1. The van der Waals surface area contributed by atoms with Crippen LogP contribution in [-0.2, 0) is 4.79 Å². The molecule has 8 nitrogen and oxygen atoms in total. The van der Waals surface area contributed by atoms with Crippen molar-refractivity contribution in [1.82, 2.24) is 30.2 Å². The highest BCUT2D eigenvalue weighted by Gasteiger charge is 2.26. The molecule has 0 saturated heterocycles. The Kier molecular flexibility index (Phi) is 6.76. The Morgan fingerprint density at radius 1 is 1.10 bits per heavy atom. The molecule has 2 heterocycles. The van der Waals surface area contributed by atoms with Gasteiger partial charge in [-0.05, 0) is 31.9 Å². The molecule has 2 N–H and O–H groups in total. The molecule has 8 heteroatoms. The summed E-state index contributed by atoms with van der Waals surface area (Å²) in [6.45, 7) is 8.56. The molecule has 2 amide bonds. The maximum Gasteiger partial charge on any atom is 0.271 e. The summed E-state index contributed by atoms with van der Waals surface area (Å²) in [5, 5.41) is 5.80. The molecule has 30 heavy (non-hydrogen) atoms. The van der Waals surface area contributed by atoms with Gasteiger partial charge in [0.2, 0.25) is 5.91 Å². The Balaban J connectivity index is 1.69. The lowest BCUT2D eigenvalue weighted by Crippen LogP contribution is -2.36. The minimum Gasteiger partial charge on any atom is -0.350 e. The zero-order valence-corrected chi connectivity index (χ0v) is 17.8. The summed E-state index contributed by atoms with van der Waals surface area (Å²) in [7, 11) is 0. The van der Waals surface area contributed by atoms with Crippen LogP contribution in [0.2, 0.25) is 0 Å². The van der Waals surface area contributed by atoms with Gasteiger partial charge in [-0.2, -0.15) is 0 Å². The van der Waals surface area contributed by atoms with Crippen LogP contribution in [0.1, 0.15) is 62.5 Å². The van der Waals surface area contributed by atoms with Crippen LogP contribution in [0.5, 0.6) is 0 Å². The molecule has 0 spiro atoms. The number of nitrogens with one attached hydrogen (secondary N) is 2. The molecule has 3 aromatic rings. The van der Waals surface area contributed by atoms with Crippen LogP contribution in [0.3, 0.4) is 0 Å². The molecule has 0 aliphatic heterocycles. The molecular formula is C22H28N6O2. The van der Waals surface area contributed by atoms with Crippen molar-refractivity contribution in [2.75, 3.05) is 6.54 Å². The zero-order valence-electron chi connectivity index (χ0n) is 17.8. The van der Waals surface area contributed by atoms with E-state index >= 15 is 0 Å². The van der Waals surface area contributed by atoms with E-state index in [0.717, 1.165) is 16.9 Å². The lowest BCUT2D eigenvalue weighted by molar-refractivity contribution is -0.122. The number of carbonyl (C=O) groups is 2. The molecule has 0 bridgehead atoms. The fourth-order valence-electron chi connectivity index (χ4n) is 3.40. The standard InChI is InChI=1S/C22H28N6O2/c1-14(2)20(21-26-16-7-5-6-8-18(16)28(21)15(3)4)27-19(29)9-10-25-22(30)17-13-23-11-12-24-17/h5-8,11-15,20H,9-10H2,1-4H3,(H,25,30)(H,27,29)/t20-/m0/s1. The SMILES string of the molecule is CC(C)[C@H](NC(=O)CCNC(=O)c1cnccn1)c1nc2ccccc2n1C(C)C. The van der Waals surface area contributed by atoms with Crippen molar-refractivity contribution < 1.29 is 9.59 Å². The first-order valence-corrected chi connectivity index (χ1v) is 10.2. The Morgan fingerprint density at radius 2 is 1.87 bits per heavy atom. The van der Waals surface area contributed by atoms with Crippen molar-refractivity contribution >= 4 is 22.8 Å². The van der Waals surface area contributed by atoms with E-state index in [4.69, 9.17) is 4.98 Å². The first kappa shape index (κ1) is 21.4. The number of benzene rings is 1. The molecular weight excluding hydrogens is 380 g/mol. The van der Waals surface area contributed by atoms with Gasteiger partial charge in [0, 0.05) is 31.4 Å². The predicted molar refractivity (Wildman–Crippen MR) is 115 cm³/mol. The quantitative estimate of drug-likeness (QED) is 0.596. The highest BCUT2D eigenvalue weighted by molar-refractivity contribution is 5.92. The number of imidazole rings is 1. The van der Waals surface area contributed by atoms with Crippen molar-refractivity contribution in [2.45, 2.75) is 46.2 Å². The minimum absolute atomic E-state index is 0.143. The van der Waals surface area contributed by atoms with Gasteiger partial charge in [-0.25, -0.2) is 9.97 Å². The zero-order chi connectivity index (χ0) is 21.7. The second-order valence-corrected chi connectivity index (χ2v) is 7.81. The normalized spacial score (nSPS) is 12.3. The van der Waals surface area contributed by atoms with Gasteiger partial charge in [-0.3, -0.25) is 14.6 Å². The van der Waals surface area contributed by atoms with Gasteiger partial charge < -0.3 is 15.2 Å². The number of hydrogen-bond acceptors (Lipinski definition) is 5. The van der Waals surface area contributed by atoms with Crippen LogP contribution in [0.4, 0.5) is 0 Å². The molecule has 2 aromatic heterocycles.